The highest BCUT2D eigenvalue weighted by atomic mass is 16.5. The van der Waals surface area contributed by atoms with Gasteiger partial charge in [-0.1, -0.05) is 0 Å². The van der Waals surface area contributed by atoms with Crippen LogP contribution in [0.25, 0.3) is 11.2 Å². The number of fused-ring (bicyclic) bond motifs is 1. The monoisotopic (exact) mass is 264 g/mol. The maximum atomic E-state index is 5.84. The summed E-state index contributed by atoms with van der Waals surface area (Å²) >= 11 is 0. The molecule has 0 amide bonds. The number of hydrogen-bond acceptors (Lipinski definition) is 6. The Hall–Kier alpha value is -1.89. The number of aromatic amines is 1. The number of hydrogen-bond donors (Lipinski definition) is 2. The lowest BCUT2D eigenvalue weighted by molar-refractivity contribution is 0.112. The van der Waals surface area contributed by atoms with Crippen molar-refractivity contribution in [3.05, 3.63) is 6.33 Å². The Labute approximate surface area is 112 Å². The third-order valence-corrected chi connectivity index (χ3v) is 3.25. The number of nitrogens with zero attached hydrogens (tertiary/aromatic N) is 4. The number of nitrogens with one attached hydrogen (secondary N) is 2. The maximum Gasteiger partial charge on any atom is 0.245 e. The summed E-state index contributed by atoms with van der Waals surface area (Å²) in [7, 11) is 5.81. The van der Waals surface area contributed by atoms with Gasteiger partial charge in [0.25, 0.3) is 0 Å². The topological polar surface area (TPSA) is 79.0 Å². The van der Waals surface area contributed by atoms with E-state index < -0.39 is 0 Å². The first-order valence-electron chi connectivity index (χ1n) is 6.13. The molecule has 104 valence electrons. The molecule has 0 aliphatic carbocycles. The van der Waals surface area contributed by atoms with Gasteiger partial charge in [0.05, 0.1) is 6.33 Å². The van der Waals surface area contributed by atoms with Gasteiger partial charge in [-0.05, 0) is 27.9 Å². The lowest BCUT2D eigenvalue weighted by atomic mass is 10.1. The van der Waals surface area contributed by atoms with Gasteiger partial charge < -0.3 is 19.9 Å². The Morgan fingerprint density at radius 3 is 2.74 bits per heavy atom. The number of ether oxygens (including phenoxy) is 1. The summed E-state index contributed by atoms with van der Waals surface area (Å²) in [6.45, 7) is 4.74. The molecule has 7 nitrogen and oxygen atoms in total. The molecule has 0 radical (unpaired) electrons. The standard InChI is InChI=1S/C12H20N6O/c1-12(2,18(4)5)6-19-10-8-9(15-7-14-8)16-11(13-3)17-10/h7H,6H2,1-5H3,(H2,13,14,15,16,17). The number of likely N-dealkylation sites (N-methyl/N-ethyl adjacent to an activating group) is 1. The summed E-state index contributed by atoms with van der Waals surface area (Å²) in [6, 6.07) is 0. The lowest BCUT2D eigenvalue weighted by Gasteiger charge is -2.31. The smallest absolute Gasteiger partial charge is 0.245 e. The van der Waals surface area contributed by atoms with Gasteiger partial charge in [-0.25, -0.2) is 4.98 Å². The molecule has 0 saturated carbocycles. The van der Waals surface area contributed by atoms with Crippen LogP contribution in [0, 0.1) is 0 Å². The molecule has 0 saturated heterocycles. The Bertz CT molecular complexity index is 562. The molecule has 0 aromatic carbocycles. The predicted molar refractivity (Wildman–Crippen MR) is 74.5 cm³/mol. The van der Waals surface area contributed by atoms with Crippen LogP contribution in [0.15, 0.2) is 6.33 Å². The second-order valence-electron chi connectivity index (χ2n) is 5.20. The van der Waals surface area contributed by atoms with Crippen LogP contribution in [0.4, 0.5) is 5.95 Å². The van der Waals surface area contributed by atoms with Crippen molar-refractivity contribution in [2.75, 3.05) is 33.1 Å². The average Bonchev–Trinajstić information content (AvgIpc) is 2.83. The first kappa shape index (κ1) is 13.5. The highest BCUT2D eigenvalue weighted by molar-refractivity contribution is 5.76. The van der Waals surface area contributed by atoms with Gasteiger partial charge in [-0.3, -0.25) is 0 Å². The summed E-state index contributed by atoms with van der Waals surface area (Å²) in [5, 5.41) is 2.90. The molecule has 0 aliphatic heterocycles. The Morgan fingerprint density at radius 2 is 2.11 bits per heavy atom. The molecule has 19 heavy (non-hydrogen) atoms. The van der Waals surface area contributed by atoms with Crippen LogP contribution in [0.1, 0.15) is 13.8 Å². The predicted octanol–water partition coefficient (Wildman–Crippen LogP) is 1.11. The van der Waals surface area contributed by atoms with Crippen molar-refractivity contribution in [1.82, 2.24) is 24.8 Å². The summed E-state index contributed by atoms with van der Waals surface area (Å²) in [6.07, 6.45) is 1.59. The first-order chi connectivity index (χ1) is 8.94. The molecule has 0 bridgehead atoms. The molecule has 2 aromatic heterocycles. The van der Waals surface area contributed by atoms with Gasteiger partial charge in [-0.15, -0.1) is 0 Å². The fraction of sp³-hybridized carbons (Fsp3) is 0.583. The van der Waals surface area contributed by atoms with E-state index in [0.29, 0.717) is 29.6 Å². The quantitative estimate of drug-likeness (QED) is 0.842. The minimum Gasteiger partial charge on any atom is -0.474 e. The van der Waals surface area contributed by atoms with Crippen LogP contribution in [0.2, 0.25) is 0 Å². The summed E-state index contributed by atoms with van der Waals surface area (Å²) in [5.74, 6) is 1.01. The molecular weight excluding hydrogens is 244 g/mol. The van der Waals surface area contributed by atoms with Crippen LogP contribution >= 0.6 is 0 Å². The fourth-order valence-electron chi connectivity index (χ4n) is 1.40. The van der Waals surface area contributed by atoms with E-state index in [1.807, 2.05) is 14.1 Å². The normalized spacial score (nSPS) is 12.1. The molecular formula is C12H20N6O. The average molecular weight is 264 g/mol. The van der Waals surface area contributed by atoms with Crippen LogP contribution in [0.3, 0.4) is 0 Å². The molecule has 2 rings (SSSR count). The van der Waals surface area contributed by atoms with E-state index >= 15 is 0 Å². The molecule has 0 spiro atoms. The molecule has 2 heterocycles. The van der Waals surface area contributed by atoms with Crippen LogP contribution in [0.5, 0.6) is 5.88 Å². The lowest BCUT2D eigenvalue weighted by Crippen LogP contribution is -2.43. The number of imidazole rings is 1. The van der Waals surface area contributed by atoms with Crippen LogP contribution < -0.4 is 10.1 Å². The summed E-state index contributed by atoms with van der Waals surface area (Å²) < 4.78 is 5.84. The third kappa shape index (κ3) is 2.76. The highest BCUT2D eigenvalue weighted by Gasteiger charge is 2.22. The molecule has 0 unspecified atom stereocenters. The fourth-order valence-corrected chi connectivity index (χ4v) is 1.40. The molecule has 7 heteroatoms. The molecule has 0 atom stereocenters. The van der Waals surface area contributed by atoms with Crippen molar-refractivity contribution < 1.29 is 4.74 Å². The number of aromatic nitrogens is 4. The van der Waals surface area contributed by atoms with Gasteiger partial charge in [0, 0.05) is 12.6 Å². The zero-order valence-electron chi connectivity index (χ0n) is 12.0. The molecule has 2 aromatic rings. The highest BCUT2D eigenvalue weighted by Crippen LogP contribution is 2.22. The van der Waals surface area contributed by atoms with Gasteiger partial charge in [0.15, 0.2) is 5.65 Å². The van der Waals surface area contributed by atoms with E-state index in [-0.39, 0.29) is 5.54 Å². The van der Waals surface area contributed by atoms with Crippen LogP contribution in [-0.2, 0) is 0 Å². The zero-order chi connectivity index (χ0) is 14.0. The van der Waals surface area contributed by atoms with Crippen molar-refractivity contribution >= 4 is 17.1 Å². The van der Waals surface area contributed by atoms with E-state index in [1.165, 1.54) is 0 Å². The zero-order valence-corrected chi connectivity index (χ0v) is 12.0. The van der Waals surface area contributed by atoms with E-state index in [0.717, 1.165) is 0 Å². The van der Waals surface area contributed by atoms with Crippen molar-refractivity contribution in [3.63, 3.8) is 0 Å². The number of rotatable bonds is 5. The van der Waals surface area contributed by atoms with Gasteiger partial charge >= 0.3 is 0 Å². The maximum absolute atomic E-state index is 5.84. The van der Waals surface area contributed by atoms with Crippen molar-refractivity contribution in [2.45, 2.75) is 19.4 Å². The van der Waals surface area contributed by atoms with Crippen molar-refractivity contribution in [3.8, 4) is 5.88 Å². The second-order valence-corrected chi connectivity index (χ2v) is 5.20. The molecule has 2 N–H and O–H groups in total. The third-order valence-electron chi connectivity index (χ3n) is 3.25. The SMILES string of the molecule is CNc1nc(OCC(C)(C)N(C)C)c2[nH]cnc2n1. The molecule has 0 aliphatic rings. The van der Waals surface area contributed by atoms with E-state index in [4.69, 9.17) is 4.74 Å². The van der Waals surface area contributed by atoms with Gasteiger partial charge in [0.2, 0.25) is 11.8 Å². The van der Waals surface area contributed by atoms with Gasteiger partial charge in [0.1, 0.15) is 12.1 Å². The Morgan fingerprint density at radius 1 is 1.37 bits per heavy atom. The minimum absolute atomic E-state index is 0.0862. The molecule has 0 fully saturated rings. The second kappa shape index (κ2) is 5.00. The van der Waals surface area contributed by atoms with Gasteiger partial charge in [-0.2, -0.15) is 9.97 Å². The minimum atomic E-state index is -0.0862. The van der Waals surface area contributed by atoms with Crippen molar-refractivity contribution in [2.24, 2.45) is 0 Å². The summed E-state index contributed by atoms with van der Waals surface area (Å²) in [5.41, 5.74) is 1.22. The van der Waals surface area contributed by atoms with Crippen molar-refractivity contribution in [1.29, 1.82) is 0 Å². The van der Waals surface area contributed by atoms with E-state index in [2.05, 4.69) is 44.0 Å². The first-order valence-corrected chi connectivity index (χ1v) is 6.13. The van der Waals surface area contributed by atoms with E-state index in [1.54, 1.807) is 13.4 Å². The van der Waals surface area contributed by atoms with Crippen LogP contribution in [-0.4, -0.2) is 58.1 Å². The number of H-pyrrole nitrogens is 1. The largest absolute Gasteiger partial charge is 0.474 e. The summed E-state index contributed by atoms with van der Waals surface area (Å²) in [4.78, 5) is 17.8. The Kier molecular flexibility index (Phi) is 3.57. The number of anilines is 1. The van der Waals surface area contributed by atoms with E-state index in [9.17, 15) is 0 Å². The Balaban J connectivity index is 2.27.